The summed E-state index contributed by atoms with van der Waals surface area (Å²) in [5.41, 5.74) is 0.752. The summed E-state index contributed by atoms with van der Waals surface area (Å²) < 4.78 is 42.7. The highest BCUT2D eigenvalue weighted by Gasteiger charge is 2.59. The number of alkyl halides is 3. The van der Waals surface area contributed by atoms with Crippen LogP contribution in [0.15, 0.2) is 23.4 Å². The maximum absolute atomic E-state index is 12.7. The molecule has 0 radical (unpaired) electrons. The van der Waals surface area contributed by atoms with Crippen LogP contribution in [0, 0.1) is 6.92 Å². The van der Waals surface area contributed by atoms with Gasteiger partial charge in [0, 0.05) is 5.56 Å². The normalized spacial score (nSPS) is 25.7. The lowest BCUT2D eigenvalue weighted by Gasteiger charge is -2.35. The number of hydrogen-bond acceptors (Lipinski definition) is 4. The second kappa shape index (κ2) is 3.88. The number of fused-ring (bicyclic) bond motifs is 1. The maximum Gasteiger partial charge on any atom is 0.455 e. The van der Waals surface area contributed by atoms with Crippen molar-refractivity contribution < 1.29 is 28.2 Å². The third-order valence-electron chi connectivity index (χ3n) is 2.70. The van der Waals surface area contributed by atoms with Crippen LogP contribution in [0.25, 0.3) is 0 Å². The number of oxime groups is 1. The van der Waals surface area contributed by atoms with Gasteiger partial charge in [0.1, 0.15) is 5.75 Å². The van der Waals surface area contributed by atoms with E-state index in [0.717, 1.165) is 5.56 Å². The standard InChI is InChI=1S/C11H10F3NO3/c1-6-2-3-9-7(4-6)8(15-17)5-10(16,18-9)11(12,13)14/h2-4,16-17H,5H2,1H3/b15-8+/t10-/m1/s1. The van der Waals surface area contributed by atoms with Gasteiger partial charge in [0.2, 0.25) is 0 Å². The fourth-order valence-electron chi connectivity index (χ4n) is 1.75. The highest BCUT2D eigenvalue weighted by Crippen LogP contribution is 2.41. The summed E-state index contributed by atoms with van der Waals surface area (Å²) in [5.74, 6) is -3.53. The quantitative estimate of drug-likeness (QED) is 0.556. The zero-order valence-corrected chi connectivity index (χ0v) is 9.32. The van der Waals surface area contributed by atoms with Crippen LogP contribution in [0.4, 0.5) is 13.2 Å². The van der Waals surface area contributed by atoms with Crippen LogP contribution in [0.1, 0.15) is 17.5 Å². The molecule has 1 aromatic rings. The molecule has 18 heavy (non-hydrogen) atoms. The average molecular weight is 261 g/mol. The maximum atomic E-state index is 12.7. The molecule has 4 nitrogen and oxygen atoms in total. The van der Waals surface area contributed by atoms with E-state index in [2.05, 4.69) is 9.89 Å². The van der Waals surface area contributed by atoms with Crippen molar-refractivity contribution in [3.63, 3.8) is 0 Å². The molecule has 1 aliphatic rings. The van der Waals surface area contributed by atoms with E-state index >= 15 is 0 Å². The molecule has 0 aliphatic carbocycles. The topological polar surface area (TPSA) is 62.1 Å². The first-order valence-electron chi connectivity index (χ1n) is 5.07. The number of nitrogens with zero attached hydrogens (tertiary/aromatic N) is 1. The molecule has 0 spiro atoms. The Balaban J connectivity index is 2.54. The van der Waals surface area contributed by atoms with Gasteiger partial charge in [0.25, 0.3) is 0 Å². The summed E-state index contributed by atoms with van der Waals surface area (Å²) >= 11 is 0. The fraction of sp³-hybridized carbons (Fsp3) is 0.364. The molecule has 2 rings (SSSR count). The molecule has 1 atom stereocenters. The predicted octanol–water partition coefficient (Wildman–Crippen LogP) is 2.21. The summed E-state index contributed by atoms with van der Waals surface area (Å²) in [6.07, 6.45) is -5.94. The molecule has 7 heteroatoms. The first-order chi connectivity index (χ1) is 8.27. The first-order valence-corrected chi connectivity index (χ1v) is 5.07. The second-order valence-corrected chi connectivity index (χ2v) is 4.11. The molecule has 0 aromatic heterocycles. The molecule has 0 saturated carbocycles. The van der Waals surface area contributed by atoms with Crippen LogP contribution in [-0.4, -0.2) is 28.0 Å². The Hall–Kier alpha value is -1.76. The molecule has 1 heterocycles. The van der Waals surface area contributed by atoms with Crippen molar-refractivity contribution in [2.75, 3.05) is 0 Å². The van der Waals surface area contributed by atoms with Gasteiger partial charge < -0.3 is 15.1 Å². The molecule has 1 aliphatic heterocycles. The number of halogens is 3. The van der Waals surface area contributed by atoms with Crippen LogP contribution in [0.5, 0.6) is 5.75 Å². The Morgan fingerprint density at radius 3 is 2.61 bits per heavy atom. The minimum Gasteiger partial charge on any atom is -0.452 e. The largest absolute Gasteiger partial charge is 0.455 e. The second-order valence-electron chi connectivity index (χ2n) is 4.11. The lowest BCUT2D eigenvalue weighted by Crippen LogP contribution is -2.54. The number of aryl methyl sites for hydroxylation is 1. The van der Waals surface area contributed by atoms with E-state index in [1.54, 1.807) is 6.92 Å². The molecule has 0 fully saturated rings. The van der Waals surface area contributed by atoms with Crippen molar-refractivity contribution in [2.45, 2.75) is 25.3 Å². The van der Waals surface area contributed by atoms with E-state index in [0.29, 0.717) is 0 Å². The summed E-state index contributed by atoms with van der Waals surface area (Å²) in [6.45, 7) is 1.74. The fourth-order valence-corrected chi connectivity index (χ4v) is 1.75. The molecule has 98 valence electrons. The van der Waals surface area contributed by atoms with Crippen molar-refractivity contribution in [2.24, 2.45) is 5.16 Å². The van der Waals surface area contributed by atoms with E-state index in [1.165, 1.54) is 18.2 Å². The highest BCUT2D eigenvalue weighted by molar-refractivity contribution is 6.04. The minimum atomic E-state index is -4.98. The number of ether oxygens (including phenoxy) is 1. The number of benzene rings is 1. The monoisotopic (exact) mass is 261 g/mol. The molecule has 0 saturated heterocycles. The van der Waals surface area contributed by atoms with Gasteiger partial charge in [-0.05, 0) is 19.1 Å². The van der Waals surface area contributed by atoms with E-state index < -0.39 is 18.4 Å². The Morgan fingerprint density at radius 1 is 1.39 bits per heavy atom. The van der Waals surface area contributed by atoms with Gasteiger partial charge in [-0.3, -0.25) is 0 Å². The van der Waals surface area contributed by atoms with E-state index in [9.17, 15) is 18.3 Å². The zero-order valence-electron chi connectivity index (χ0n) is 9.32. The Morgan fingerprint density at radius 2 is 2.06 bits per heavy atom. The molecule has 0 amide bonds. The minimum absolute atomic E-state index is 0.167. The van der Waals surface area contributed by atoms with Crippen molar-refractivity contribution in [1.82, 2.24) is 0 Å². The molecule has 0 bridgehead atoms. The van der Waals surface area contributed by atoms with Crippen LogP contribution in [0.3, 0.4) is 0 Å². The molecule has 0 unspecified atom stereocenters. The summed E-state index contributed by atoms with van der Waals surface area (Å²) in [4.78, 5) is 0. The first kappa shape index (κ1) is 12.7. The van der Waals surface area contributed by atoms with Crippen LogP contribution < -0.4 is 4.74 Å². The van der Waals surface area contributed by atoms with Crippen molar-refractivity contribution in [1.29, 1.82) is 0 Å². The smallest absolute Gasteiger partial charge is 0.452 e. The van der Waals surface area contributed by atoms with Gasteiger partial charge >= 0.3 is 12.0 Å². The van der Waals surface area contributed by atoms with Gasteiger partial charge in [-0.15, -0.1) is 0 Å². The Bertz CT molecular complexity index is 513. The third-order valence-corrected chi connectivity index (χ3v) is 2.70. The average Bonchev–Trinajstić information content (AvgIpc) is 2.27. The van der Waals surface area contributed by atoms with Gasteiger partial charge in [-0.25, -0.2) is 0 Å². The van der Waals surface area contributed by atoms with Crippen molar-refractivity contribution in [3.05, 3.63) is 29.3 Å². The summed E-state index contributed by atoms with van der Waals surface area (Å²) in [7, 11) is 0. The number of aliphatic hydroxyl groups is 1. The van der Waals surface area contributed by atoms with Crippen molar-refractivity contribution >= 4 is 5.71 Å². The lowest BCUT2D eigenvalue weighted by molar-refractivity contribution is -0.333. The van der Waals surface area contributed by atoms with Crippen LogP contribution in [0.2, 0.25) is 0 Å². The van der Waals surface area contributed by atoms with Gasteiger partial charge in [0.15, 0.2) is 0 Å². The predicted molar refractivity (Wildman–Crippen MR) is 55.8 cm³/mol. The lowest BCUT2D eigenvalue weighted by atomic mass is 9.96. The number of hydrogen-bond donors (Lipinski definition) is 2. The molecular weight excluding hydrogens is 251 g/mol. The van der Waals surface area contributed by atoms with E-state index in [-0.39, 0.29) is 17.0 Å². The summed E-state index contributed by atoms with van der Waals surface area (Å²) in [5, 5.41) is 21.1. The van der Waals surface area contributed by atoms with Crippen LogP contribution >= 0.6 is 0 Å². The highest BCUT2D eigenvalue weighted by atomic mass is 19.4. The zero-order chi connectivity index (χ0) is 13.6. The van der Waals surface area contributed by atoms with E-state index in [4.69, 9.17) is 5.21 Å². The Labute approximate surface area is 100 Å². The van der Waals surface area contributed by atoms with E-state index in [1.807, 2.05) is 0 Å². The van der Waals surface area contributed by atoms with Crippen molar-refractivity contribution in [3.8, 4) is 5.75 Å². The number of rotatable bonds is 0. The van der Waals surface area contributed by atoms with Crippen LogP contribution in [-0.2, 0) is 0 Å². The SMILES string of the molecule is Cc1ccc2c(c1)/C(=N/O)C[C@](O)(C(F)(F)F)O2. The Kier molecular flexibility index (Phi) is 2.73. The third kappa shape index (κ3) is 1.90. The summed E-state index contributed by atoms with van der Waals surface area (Å²) in [6, 6.07) is 4.36. The molecular formula is C11H10F3NO3. The molecule has 1 aromatic carbocycles. The van der Waals surface area contributed by atoms with Gasteiger partial charge in [0.05, 0.1) is 12.1 Å². The van der Waals surface area contributed by atoms with Gasteiger partial charge in [-0.1, -0.05) is 16.8 Å². The van der Waals surface area contributed by atoms with Gasteiger partial charge in [-0.2, -0.15) is 13.2 Å². The molecule has 2 N–H and O–H groups in total.